The molecule has 2 heterocycles. The van der Waals surface area contributed by atoms with E-state index in [1.165, 1.54) is 12.4 Å². The first kappa shape index (κ1) is 9.02. The summed E-state index contributed by atoms with van der Waals surface area (Å²) in [7, 11) is 0. The Morgan fingerprint density at radius 1 is 1.43 bits per heavy atom. The molecular formula is C10H8N2OS. The lowest BCUT2D eigenvalue weighted by molar-refractivity contribution is 0.103. The van der Waals surface area contributed by atoms with Gasteiger partial charge in [0.05, 0.1) is 6.20 Å². The van der Waals surface area contributed by atoms with Crippen LogP contribution in [0.25, 0.3) is 0 Å². The van der Waals surface area contributed by atoms with Crippen LogP contribution < -0.4 is 0 Å². The number of carbonyl (C=O) groups is 1. The summed E-state index contributed by atoms with van der Waals surface area (Å²) >= 11 is 1.56. The van der Waals surface area contributed by atoms with Gasteiger partial charge in [-0.1, -0.05) is 0 Å². The first-order chi connectivity index (χ1) is 6.77. The molecule has 70 valence electrons. The third kappa shape index (κ3) is 1.70. The summed E-state index contributed by atoms with van der Waals surface area (Å²) in [6.45, 7) is 1.97. The molecule has 2 aromatic heterocycles. The van der Waals surface area contributed by atoms with E-state index in [4.69, 9.17) is 0 Å². The van der Waals surface area contributed by atoms with Gasteiger partial charge in [0.25, 0.3) is 0 Å². The average molecular weight is 204 g/mol. The number of ketones is 1. The summed E-state index contributed by atoms with van der Waals surface area (Å²) in [6.07, 6.45) is 4.55. The van der Waals surface area contributed by atoms with Gasteiger partial charge in [-0.15, -0.1) is 11.3 Å². The van der Waals surface area contributed by atoms with Crippen LogP contribution in [0.2, 0.25) is 0 Å². The van der Waals surface area contributed by atoms with E-state index in [2.05, 4.69) is 9.97 Å². The van der Waals surface area contributed by atoms with Gasteiger partial charge in [0.15, 0.2) is 0 Å². The minimum atomic E-state index is -0.0672. The van der Waals surface area contributed by atoms with Gasteiger partial charge in [0.1, 0.15) is 5.69 Å². The van der Waals surface area contributed by atoms with Crippen molar-refractivity contribution in [3.8, 4) is 0 Å². The summed E-state index contributed by atoms with van der Waals surface area (Å²) in [6, 6.07) is 1.86. The second-order valence-corrected chi connectivity index (χ2v) is 3.98. The predicted octanol–water partition coefficient (Wildman–Crippen LogP) is 2.08. The largest absolute Gasteiger partial charge is 0.287 e. The van der Waals surface area contributed by atoms with Crippen LogP contribution in [0.3, 0.4) is 0 Å². The predicted molar refractivity (Wildman–Crippen MR) is 54.5 cm³/mol. The Morgan fingerprint density at radius 2 is 2.29 bits per heavy atom. The molecule has 2 aromatic rings. The maximum absolute atomic E-state index is 11.8. The second-order valence-electron chi connectivity index (χ2n) is 2.87. The van der Waals surface area contributed by atoms with Crippen LogP contribution in [0.4, 0.5) is 0 Å². The van der Waals surface area contributed by atoms with E-state index in [0.717, 1.165) is 4.88 Å². The van der Waals surface area contributed by atoms with Crippen molar-refractivity contribution in [1.29, 1.82) is 0 Å². The fourth-order valence-corrected chi connectivity index (χ4v) is 1.81. The second kappa shape index (κ2) is 3.67. The third-order valence-corrected chi connectivity index (χ3v) is 2.65. The number of hydrogen-bond acceptors (Lipinski definition) is 4. The molecule has 4 heteroatoms. The van der Waals surface area contributed by atoms with Gasteiger partial charge in [-0.3, -0.25) is 9.78 Å². The Labute approximate surface area is 85.5 Å². The smallest absolute Gasteiger partial charge is 0.213 e. The van der Waals surface area contributed by atoms with Crippen LogP contribution in [0.15, 0.2) is 30.0 Å². The van der Waals surface area contributed by atoms with E-state index in [-0.39, 0.29) is 5.78 Å². The Balaban J connectivity index is 2.34. The molecule has 0 bridgehead atoms. The first-order valence-electron chi connectivity index (χ1n) is 4.13. The van der Waals surface area contributed by atoms with Gasteiger partial charge in [0, 0.05) is 28.2 Å². The number of carbonyl (C=O) groups excluding carboxylic acids is 1. The van der Waals surface area contributed by atoms with Crippen LogP contribution in [0.1, 0.15) is 20.9 Å². The van der Waals surface area contributed by atoms with Gasteiger partial charge in [0.2, 0.25) is 5.78 Å². The maximum Gasteiger partial charge on any atom is 0.213 e. The fourth-order valence-electron chi connectivity index (χ4n) is 1.13. The molecular weight excluding hydrogens is 196 g/mol. The molecule has 2 rings (SSSR count). The zero-order valence-corrected chi connectivity index (χ0v) is 8.41. The molecule has 0 N–H and O–H groups in total. The van der Waals surface area contributed by atoms with Crippen LogP contribution in [-0.2, 0) is 0 Å². The quantitative estimate of drug-likeness (QED) is 0.703. The van der Waals surface area contributed by atoms with Crippen molar-refractivity contribution in [2.45, 2.75) is 6.92 Å². The highest BCUT2D eigenvalue weighted by Gasteiger charge is 2.11. The van der Waals surface area contributed by atoms with Crippen LogP contribution >= 0.6 is 11.3 Å². The van der Waals surface area contributed by atoms with E-state index >= 15 is 0 Å². The maximum atomic E-state index is 11.8. The molecule has 0 saturated carbocycles. The number of hydrogen-bond donors (Lipinski definition) is 0. The Kier molecular flexibility index (Phi) is 2.37. The number of thiophene rings is 1. The normalized spacial score (nSPS) is 10.1. The van der Waals surface area contributed by atoms with Gasteiger partial charge < -0.3 is 0 Å². The SMILES string of the molecule is Cc1cc(C(=O)c2cnccn2)cs1. The van der Waals surface area contributed by atoms with Crippen molar-refractivity contribution >= 4 is 17.1 Å². The van der Waals surface area contributed by atoms with Crippen molar-refractivity contribution in [2.75, 3.05) is 0 Å². The summed E-state index contributed by atoms with van der Waals surface area (Å²) in [5.41, 5.74) is 1.08. The van der Waals surface area contributed by atoms with E-state index in [0.29, 0.717) is 11.3 Å². The lowest BCUT2D eigenvalue weighted by Crippen LogP contribution is -2.02. The average Bonchev–Trinajstić information content (AvgIpc) is 2.65. The van der Waals surface area contributed by atoms with Crippen molar-refractivity contribution in [3.05, 3.63) is 46.2 Å². The summed E-state index contributed by atoms with van der Waals surface area (Å²) < 4.78 is 0. The molecule has 0 radical (unpaired) electrons. The third-order valence-electron chi connectivity index (χ3n) is 1.79. The Morgan fingerprint density at radius 3 is 2.86 bits per heavy atom. The number of aromatic nitrogens is 2. The molecule has 3 nitrogen and oxygen atoms in total. The first-order valence-corrected chi connectivity index (χ1v) is 5.01. The molecule has 0 spiro atoms. The lowest BCUT2D eigenvalue weighted by Gasteiger charge is -1.94. The van der Waals surface area contributed by atoms with Crippen LogP contribution in [0, 0.1) is 6.92 Å². The van der Waals surface area contributed by atoms with Crippen molar-refractivity contribution in [3.63, 3.8) is 0 Å². The summed E-state index contributed by atoms with van der Waals surface area (Å²) in [4.78, 5) is 20.7. The van der Waals surface area contributed by atoms with Crippen molar-refractivity contribution in [2.24, 2.45) is 0 Å². The molecule has 0 aliphatic heterocycles. The van der Waals surface area contributed by atoms with Gasteiger partial charge in [-0.2, -0.15) is 0 Å². The minimum Gasteiger partial charge on any atom is -0.287 e. The summed E-state index contributed by atoms with van der Waals surface area (Å²) in [5, 5.41) is 1.84. The van der Waals surface area contributed by atoms with Gasteiger partial charge in [-0.05, 0) is 13.0 Å². The highest BCUT2D eigenvalue weighted by atomic mass is 32.1. The molecule has 0 atom stereocenters. The van der Waals surface area contributed by atoms with Crippen LogP contribution in [-0.4, -0.2) is 15.8 Å². The zero-order valence-electron chi connectivity index (χ0n) is 7.60. The molecule has 0 amide bonds. The highest BCUT2D eigenvalue weighted by molar-refractivity contribution is 7.10. The van der Waals surface area contributed by atoms with Gasteiger partial charge in [-0.25, -0.2) is 4.98 Å². The molecule has 0 aliphatic carbocycles. The molecule has 0 aliphatic rings. The van der Waals surface area contributed by atoms with Crippen molar-refractivity contribution in [1.82, 2.24) is 9.97 Å². The summed E-state index contributed by atoms with van der Waals surface area (Å²) in [5.74, 6) is -0.0672. The minimum absolute atomic E-state index is 0.0672. The van der Waals surface area contributed by atoms with Gasteiger partial charge >= 0.3 is 0 Å². The number of rotatable bonds is 2. The number of aryl methyl sites for hydroxylation is 1. The highest BCUT2D eigenvalue weighted by Crippen LogP contribution is 2.15. The fraction of sp³-hybridized carbons (Fsp3) is 0.100. The number of nitrogens with zero attached hydrogens (tertiary/aromatic N) is 2. The van der Waals surface area contributed by atoms with Crippen LogP contribution in [0.5, 0.6) is 0 Å². The van der Waals surface area contributed by atoms with E-state index in [9.17, 15) is 4.79 Å². The molecule has 14 heavy (non-hydrogen) atoms. The Hall–Kier alpha value is -1.55. The zero-order chi connectivity index (χ0) is 9.97. The topological polar surface area (TPSA) is 42.9 Å². The van der Waals surface area contributed by atoms with E-state index in [1.807, 2.05) is 18.4 Å². The van der Waals surface area contributed by atoms with E-state index < -0.39 is 0 Å². The lowest BCUT2D eigenvalue weighted by atomic mass is 10.1. The Bertz CT molecular complexity index is 450. The monoisotopic (exact) mass is 204 g/mol. The molecule has 0 fully saturated rings. The van der Waals surface area contributed by atoms with E-state index in [1.54, 1.807) is 17.5 Å². The standard InChI is InChI=1S/C10H8N2OS/c1-7-4-8(6-14-7)10(13)9-5-11-2-3-12-9/h2-6H,1H3. The van der Waals surface area contributed by atoms with Crippen molar-refractivity contribution < 1.29 is 4.79 Å². The molecule has 0 unspecified atom stereocenters. The molecule has 0 aromatic carbocycles. The molecule has 0 saturated heterocycles.